The first-order valence-corrected chi connectivity index (χ1v) is 11.8. The summed E-state index contributed by atoms with van der Waals surface area (Å²) in [5.41, 5.74) is 3.85. The van der Waals surface area contributed by atoms with Gasteiger partial charge in [-0.1, -0.05) is 18.9 Å². The van der Waals surface area contributed by atoms with Crippen molar-refractivity contribution in [3.8, 4) is 17.6 Å². The Balaban J connectivity index is 1.82. The summed E-state index contributed by atoms with van der Waals surface area (Å²) in [5, 5.41) is 0. The molecular weight excluding hydrogens is 527 g/mol. The molecule has 0 amide bonds. The molecule has 3 heterocycles. The van der Waals surface area contributed by atoms with Gasteiger partial charge in [0.25, 0.3) is 0 Å². The van der Waals surface area contributed by atoms with Crippen LogP contribution in [-0.2, 0) is 14.3 Å². The molecular formula is C26H25F5N4O4. The molecule has 4 rings (SSSR count). The number of benzene rings is 1. The molecule has 1 aromatic carbocycles. The quantitative estimate of drug-likeness (QED) is 0.276. The molecule has 3 N–H and O–H groups in total. The lowest BCUT2D eigenvalue weighted by atomic mass is 9.77. The fourth-order valence-corrected chi connectivity index (χ4v) is 4.71. The van der Waals surface area contributed by atoms with E-state index in [1.807, 2.05) is 0 Å². The SMILES string of the molecule is COC(=O)[C@H](N)CC#Cc1nccc2[nH]c([C@@H]3O[C@@](C)(C(F)(F)F)[C@@H](C)[C@H]3c3ccc(F)c(F)c3OC)nc12. The number of halogens is 5. The van der Waals surface area contributed by atoms with E-state index >= 15 is 0 Å². The van der Waals surface area contributed by atoms with Crippen molar-refractivity contribution in [3.05, 3.63) is 53.1 Å². The molecule has 1 aliphatic rings. The Hall–Kier alpha value is -3.76. The number of ether oxygens (including phenoxy) is 3. The Labute approximate surface area is 220 Å². The van der Waals surface area contributed by atoms with Gasteiger partial charge in [-0.15, -0.1) is 0 Å². The number of alkyl halides is 3. The second-order valence-corrected chi connectivity index (χ2v) is 9.25. The number of esters is 1. The number of nitrogens with zero attached hydrogens (tertiary/aromatic N) is 2. The number of carbonyl (C=O) groups excluding carboxylic acids is 1. The maximum absolute atomic E-state index is 14.6. The van der Waals surface area contributed by atoms with Gasteiger partial charge in [0.1, 0.15) is 29.2 Å². The molecule has 0 bridgehead atoms. The number of fused-ring (bicyclic) bond motifs is 1. The van der Waals surface area contributed by atoms with Crippen LogP contribution in [-0.4, -0.2) is 53.0 Å². The Bertz CT molecular complexity index is 1460. The van der Waals surface area contributed by atoms with E-state index < -0.39 is 59.1 Å². The molecule has 0 spiro atoms. The zero-order valence-electron chi connectivity index (χ0n) is 21.3. The monoisotopic (exact) mass is 552 g/mol. The number of rotatable bonds is 5. The number of hydrogen-bond donors (Lipinski definition) is 2. The molecule has 13 heteroatoms. The smallest absolute Gasteiger partial charge is 0.417 e. The molecule has 39 heavy (non-hydrogen) atoms. The van der Waals surface area contributed by atoms with Gasteiger partial charge in [0.2, 0.25) is 5.82 Å². The summed E-state index contributed by atoms with van der Waals surface area (Å²) >= 11 is 0. The molecule has 0 aliphatic carbocycles. The summed E-state index contributed by atoms with van der Waals surface area (Å²) in [5.74, 6) is -0.591. The first-order valence-electron chi connectivity index (χ1n) is 11.8. The first kappa shape index (κ1) is 28.3. The van der Waals surface area contributed by atoms with Crippen molar-refractivity contribution < 1.29 is 41.0 Å². The van der Waals surface area contributed by atoms with E-state index in [0.29, 0.717) is 5.52 Å². The highest BCUT2D eigenvalue weighted by Gasteiger charge is 2.65. The third kappa shape index (κ3) is 4.90. The van der Waals surface area contributed by atoms with Crippen molar-refractivity contribution in [3.63, 3.8) is 0 Å². The standard InChI is InChI=1S/C26H25F5N4O4/c1-12-18(13-8-9-14(27)19(28)21(13)37-3)22(39-25(12,2)26(29,30)31)23-34-17-10-11-33-16(20(17)35-23)7-5-6-15(32)24(36)38-4/h8-12,15,18,22H,6,32H2,1-4H3,(H,34,35)/t12-,15+,18-,22+,25+/m0/s1. The number of H-pyrrole nitrogens is 1. The first-order chi connectivity index (χ1) is 18.3. The van der Waals surface area contributed by atoms with E-state index in [2.05, 4.69) is 31.5 Å². The number of nitrogens with one attached hydrogen (secondary N) is 1. The summed E-state index contributed by atoms with van der Waals surface area (Å²) in [6.07, 6.45) is -4.77. The van der Waals surface area contributed by atoms with Gasteiger partial charge in [0.15, 0.2) is 17.2 Å². The zero-order valence-corrected chi connectivity index (χ0v) is 21.3. The Morgan fingerprint density at radius 3 is 2.64 bits per heavy atom. The third-order valence-electron chi connectivity index (χ3n) is 7.03. The summed E-state index contributed by atoms with van der Waals surface area (Å²) in [6, 6.07) is 2.58. The number of aromatic amines is 1. The van der Waals surface area contributed by atoms with Gasteiger partial charge in [0, 0.05) is 30.0 Å². The lowest BCUT2D eigenvalue weighted by Gasteiger charge is -2.32. The number of nitrogens with two attached hydrogens (primary N) is 1. The predicted molar refractivity (Wildman–Crippen MR) is 128 cm³/mol. The van der Waals surface area contributed by atoms with Crippen molar-refractivity contribution >= 4 is 17.0 Å². The van der Waals surface area contributed by atoms with Gasteiger partial charge in [-0.3, -0.25) is 4.79 Å². The second kappa shape index (κ2) is 10.4. The maximum atomic E-state index is 14.6. The number of hydrogen-bond acceptors (Lipinski definition) is 7. The molecule has 1 saturated heterocycles. The van der Waals surface area contributed by atoms with Gasteiger partial charge in [-0.2, -0.15) is 17.6 Å². The minimum atomic E-state index is -4.80. The molecule has 0 unspecified atom stereocenters. The number of carbonyl (C=O) groups is 1. The van der Waals surface area contributed by atoms with Gasteiger partial charge < -0.3 is 24.9 Å². The molecule has 8 nitrogen and oxygen atoms in total. The maximum Gasteiger partial charge on any atom is 0.417 e. The molecule has 208 valence electrons. The summed E-state index contributed by atoms with van der Waals surface area (Å²) in [7, 11) is 2.30. The molecule has 1 fully saturated rings. The Morgan fingerprint density at radius 1 is 1.28 bits per heavy atom. The molecule has 3 aromatic rings. The molecule has 2 aromatic heterocycles. The van der Waals surface area contributed by atoms with Gasteiger partial charge in [-0.05, 0) is 25.0 Å². The van der Waals surface area contributed by atoms with Crippen LogP contribution >= 0.6 is 0 Å². The topological polar surface area (TPSA) is 112 Å². The van der Waals surface area contributed by atoms with Crippen LogP contribution in [0.5, 0.6) is 5.75 Å². The van der Waals surface area contributed by atoms with Crippen LogP contribution in [0.25, 0.3) is 11.0 Å². The van der Waals surface area contributed by atoms with E-state index in [1.54, 1.807) is 6.07 Å². The van der Waals surface area contributed by atoms with Crippen LogP contribution in [0.3, 0.4) is 0 Å². The third-order valence-corrected chi connectivity index (χ3v) is 7.03. The van der Waals surface area contributed by atoms with Crippen LogP contribution in [0.2, 0.25) is 0 Å². The molecule has 1 aliphatic heterocycles. The average molecular weight is 553 g/mol. The summed E-state index contributed by atoms with van der Waals surface area (Å²) in [6.45, 7) is 2.23. The van der Waals surface area contributed by atoms with E-state index in [1.165, 1.54) is 26.3 Å². The van der Waals surface area contributed by atoms with Crippen molar-refractivity contribution in [2.75, 3.05) is 14.2 Å². The van der Waals surface area contributed by atoms with Crippen LogP contribution < -0.4 is 10.5 Å². The van der Waals surface area contributed by atoms with Gasteiger partial charge in [-0.25, -0.2) is 14.4 Å². The average Bonchev–Trinajstić information content (AvgIpc) is 3.45. The lowest BCUT2D eigenvalue weighted by molar-refractivity contribution is -0.275. The van der Waals surface area contributed by atoms with E-state index in [9.17, 15) is 26.7 Å². The van der Waals surface area contributed by atoms with Gasteiger partial charge in [0.05, 0.1) is 19.7 Å². The number of imidazole rings is 1. The van der Waals surface area contributed by atoms with Crippen molar-refractivity contribution in [1.29, 1.82) is 0 Å². The van der Waals surface area contributed by atoms with Crippen LogP contribution in [0.1, 0.15) is 49.4 Å². The largest absolute Gasteiger partial charge is 0.493 e. The second-order valence-electron chi connectivity index (χ2n) is 9.25. The van der Waals surface area contributed by atoms with E-state index in [0.717, 1.165) is 20.1 Å². The molecule has 0 radical (unpaired) electrons. The summed E-state index contributed by atoms with van der Waals surface area (Å²) in [4.78, 5) is 23.1. The minimum Gasteiger partial charge on any atom is -0.493 e. The highest BCUT2D eigenvalue weighted by atomic mass is 19.4. The van der Waals surface area contributed by atoms with Crippen molar-refractivity contribution in [2.24, 2.45) is 11.7 Å². The van der Waals surface area contributed by atoms with Crippen LogP contribution in [0.15, 0.2) is 24.4 Å². The van der Waals surface area contributed by atoms with E-state index in [-0.39, 0.29) is 29.0 Å². The highest BCUT2D eigenvalue weighted by molar-refractivity contribution is 5.80. The molecule has 0 saturated carbocycles. The lowest BCUT2D eigenvalue weighted by Crippen LogP contribution is -2.46. The summed E-state index contributed by atoms with van der Waals surface area (Å²) < 4.78 is 86.6. The predicted octanol–water partition coefficient (Wildman–Crippen LogP) is 4.30. The van der Waals surface area contributed by atoms with Crippen LogP contribution in [0.4, 0.5) is 22.0 Å². The Morgan fingerprint density at radius 2 is 2.00 bits per heavy atom. The van der Waals surface area contributed by atoms with Crippen molar-refractivity contribution in [1.82, 2.24) is 15.0 Å². The van der Waals surface area contributed by atoms with E-state index in [4.69, 9.17) is 15.2 Å². The zero-order chi connectivity index (χ0) is 28.7. The fourth-order valence-electron chi connectivity index (χ4n) is 4.71. The van der Waals surface area contributed by atoms with Crippen molar-refractivity contribution in [2.45, 2.75) is 50.1 Å². The van der Waals surface area contributed by atoms with Crippen LogP contribution in [0, 0.1) is 29.4 Å². The number of pyridine rings is 1. The number of aromatic nitrogens is 3. The minimum absolute atomic E-state index is 0.00253. The molecule has 5 atom stereocenters. The van der Waals surface area contributed by atoms with Gasteiger partial charge >= 0.3 is 12.1 Å². The number of methoxy groups -OCH3 is 2. The normalized spacial score (nSPS) is 23.8. The highest BCUT2D eigenvalue weighted by Crippen LogP contribution is 2.59. The fraction of sp³-hybridized carbons (Fsp3) is 0.423. The Kier molecular flexibility index (Phi) is 7.55.